The molecule has 0 fully saturated rings. The number of hydrogen-bond acceptors (Lipinski definition) is 3. The summed E-state index contributed by atoms with van der Waals surface area (Å²) in [6.45, 7) is 2.81. The van der Waals surface area contributed by atoms with Gasteiger partial charge in [0.1, 0.15) is 5.82 Å². The van der Waals surface area contributed by atoms with Gasteiger partial charge in [-0.15, -0.1) is 0 Å². The van der Waals surface area contributed by atoms with Crippen LogP contribution >= 0.6 is 0 Å². The fourth-order valence-corrected chi connectivity index (χ4v) is 1.49. The van der Waals surface area contributed by atoms with E-state index in [2.05, 4.69) is 5.32 Å². The molecule has 0 heterocycles. The Labute approximate surface area is 95.9 Å². The molecule has 16 heavy (non-hydrogen) atoms. The molecule has 90 valence electrons. The quantitative estimate of drug-likeness (QED) is 0.798. The topological polar surface area (TPSA) is 35.5 Å². The Morgan fingerprint density at radius 2 is 2.12 bits per heavy atom. The molecule has 0 aliphatic rings. The van der Waals surface area contributed by atoms with Crippen LogP contribution in [0.5, 0.6) is 0 Å². The summed E-state index contributed by atoms with van der Waals surface area (Å²) in [6.07, 6.45) is -0.505. The monoisotopic (exact) mass is 226 g/mol. The molecule has 1 aromatic carbocycles. The number of hydrogen-bond donors (Lipinski definition) is 2. The van der Waals surface area contributed by atoms with Crippen molar-refractivity contribution in [3.8, 4) is 0 Å². The van der Waals surface area contributed by atoms with Gasteiger partial charge in [-0.25, -0.2) is 4.39 Å². The predicted molar refractivity (Wildman–Crippen MR) is 64.2 cm³/mol. The molecule has 0 amide bonds. The number of likely N-dealkylation sites (N-methyl/N-ethyl adjacent to an activating group) is 1. The lowest BCUT2D eigenvalue weighted by Gasteiger charge is -2.17. The number of anilines is 1. The second kappa shape index (κ2) is 5.82. The van der Waals surface area contributed by atoms with E-state index < -0.39 is 6.10 Å². The van der Waals surface area contributed by atoms with E-state index in [1.54, 1.807) is 12.1 Å². The van der Waals surface area contributed by atoms with Crippen LogP contribution in [0.15, 0.2) is 18.2 Å². The Kier molecular flexibility index (Phi) is 4.71. The SMILES string of the molecule is Cc1ccc(F)c(NCC(O)CN(C)C)c1. The van der Waals surface area contributed by atoms with Crippen molar-refractivity contribution in [2.75, 3.05) is 32.5 Å². The summed E-state index contributed by atoms with van der Waals surface area (Å²) in [5, 5.41) is 12.5. The van der Waals surface area contributed by atoms with E-state index in [0.717, 1.165) is 5.56 Å². The molecule has 4 heteroatoms. The van der Waals surface area contributed by atoms with Crippen LogP contribution in [0.2, 0.25) is 0 Å². The Hall–Kier alpha value is -1.13. The fourth-order valence-electron chi connectivity index (χ4n) is 1.49. The molecule has 0 saturated carbocycles. The van der Waals surface area contributed by atoms with Crippen LogP contribution in [0.1, 0.15) is 5.56 Å². The second-order valence-corrected chi connectivity index (χ2v) is 4.28. The van der Waals surface area contributed by atoms with Gasteiger partial charge in [-0.1, -0.05) is 6.07 Å². The summed E-state index contributed by atoms with van der Waals surface area (Å²) in [5.74, 6) is -0.289. The van der Waals surface area contributed by atoms with Crippen molar-refractivity contribution in [2.24, 2.45) is 0 Å². The van der Waals surface area contributed by atoms with Gasteiger partial charge in [0.25, 0.3) is 0 Å². The lowest BCUT2D eigenvalue weighted by Crippen LogP contribution is -2.31. The van der Waals surface area contributed by atoms with E-state index >= 15 is 0 Å². The van der Waals surface area contributed by atoms with Crippen molar-refractivity contribution < 1.29 is 9.50 Å². The van der Waals surface area contributed by atoms with Crippen LogP contribution < -0.4 is 5.32 Å². The highest BCUT2D eigenvalue weighted by atomic mass is 19.1. The molecule has 0 spiro atoms. The highest BCUT2D eigenvalue weighted by Gasteiger charge is 2.07. The predicted octanol–water partition coefficient (Wildman–Crippen LogP) is 1.47. The Morgan fingerprint density at radius 1 is 1.44 bits per heavy atom. The number of nitrogens with zero attached hydrogens (tertiary/aromatic N) is 1. The van der Waals surface area contributed by atoms with Gasteiger partial charge in [-0.2, -0.15) is 0 Å². The first-order chi connectivity index (χ1) is 7.49. The van der Waals surface area contributed by atoms with Crippen LogP contribution in [0.3, 0.4) is 0 Å². The standard InChI is InChI=1S/C12H19FN2O/c1-9-4-5-11(13)12(6-9)14-7-10(16)8-15(2)3/h4-6,10,14,16H,7-8H2,1-3H3. The molecule has 0 aliphatic heterocycles. The van der Waals surface area contributed by atoms with E-state index in [1.807, 2.05) is 25.9 Å². The number of aryl methyl sites for hydroxylation is 1. The van der Waals surface area contributed by atoms with Gasteiger partial charge in [0.15, 0.2) is 0 Å². The van der Waals surface area contributed by atoms with Gasteiger partial charge < -0.3 is 15.3 Å². The van der Waals surface area contributed by atoms with Crippen LogP contribution in [0.4, 0.5) is 10.1 Å². The highest BCUT2D eigenvalue weighted by molar-refractivity contribution is 5.47. The van der Waals surface area contributed by atoms with Crippen molar-refractivity contribution in [2.45, 2.75) is 13.0 Å². The lowest BCUT2D eigenvalue weighted by atomic mass is 10.2. The van der Waals surface area contributed by atoms with Gasteiger partial charge in [0.2, 0.25) is 0 Å². The molecule has 1 atom stereocenters. The fraction of sp³-hybridized carbons (Fsp3) is 0.500. The van der Waals surface area contributed by atoms with Crippen LogP contribution in [0.25, 0.3) is 0 Å². The van der Waals surface area contributed by atoms with Crippen LogP contribution in [0, 0.1) is 12.7 Å². The van der Waals surface area contributed by atoms with Crippen LogP contribution in [-0.2, 0) is 0 Å². The number of aliphatic hydroxyl groups excluding tert-OH is 1. The molecule has 3 nitrogen and oxygen atoms in total. The zero-order chi connectivity index (χ0) is 12.1. The number of rotatable bonds is 5. The molecular formula is C12H19FN2O. The molecule has 1 rings (SSSR count). The second-order valence-electron chi connectivity index (χ2n) is 4.28. The van der Waals surface area contributed by atoms with Crippen molar-refractivity contribution in [1.82, 2.24) is 4.90 Å². The number of halogens is 1. The average molecular weight is 226 g/mol. The summed E-state index contributed by atoms with van der Waals surface area (Å²) < 4.78 is 13.3. The molecule has 0 bridgehead atoms. The Bertz CT molecular complexity index is 342. The van der Waals surface area contributed by atoms with Crippen molar-refractivity contribution in [3.05, 3.63) is 29.6 Å². The maximum Gasteiger partial charge on any atom is 0.146 e. The third kappa shape index (κ3) is 4.16. The molecule has 1 unspecified atom stereocenters. The summed E-state index contributed by atoms with van der Waals surface area (Å²) in [6, 6.07) is 4.88. The minimum absolute atomic E-state index is 0.289. The molecule has 0 aromatic heterocycles. The smallest absolute Gasteiger partial charge is 0.146 e. The summed E-state index contributed by atoms with van der Waals surface area (Å²) >= 11 is 0. The van der Waals surface area contributed by atoms with E-state index in [4.69, 9.17) is 0 Å². The molecule has 0 aliphatic carbocycles. The minimum atomic E-state index is -0.505. The number of benzene rings is 1. The van der Waals surface area contributed by atoms with Gasteiger partial charge >= 0.3 is 0 Å². The van der Waals surface area contributed by atoms with Crippen LogP contribution in [-0.4, -0.2) is 43.3 Å². The molecule has 1 aromatic rings. The van der Waals surface area contributed by atoms with Crippen molar-refractivity contribution >= 4 is 5.69 Å². The maximum absolute atomic E-state index is 13.3. The van der Waals surface area contributed by atoms with E-state index in [9.17, 15) is 9.50 Å². The van der Waals surface area contributed by atoms with Gasteiger partial charge in [-0.05, 0) is 38.7 Å². The summed E-state index contributed by atoms with van der Waals surface area (Å²) in [5.41, 5.74) is 1.43. The van der Waals surface area contributed by atoms with Crippen molar-refractivity contribution in [1.29, 1.82) is 0 Å². The Morgan fingerprint density at radius 3 is 2.75 bits per heavy atom. The lowest BCUT2D eigenvalue weighted by molar-refractivity contribution is 0.148. The minimum Gasteiger partial charge on any atom is -0.390 e. The third-order valence-electron chi connectivity index (χ3n) is 2.23. The molecule has 0 radical (unpaired) electrons. The van der Waals surface area contributed by atoms with Gasteiger partial charge in [0, 0.05) is 13.1 Å². The maximum atomic E-state index is 13.3. The summed E-state index contributed by atoms with van der Waals surface area (Å²) in [7, 11) is 3.77. The number of aliphatic hydroxyl groups is 1. The zero-order valence-corrected chi connectivity index (χ0v) is 10.00. The zero-order valence-electron chi connectivity index (χ0n) is 10.00. The normalized spacial score (nSPS) is 12.9. The largest absolute Gasteiger partial charge is 0.390 e. The highest BCUT2D eigenvalue weighted by Crippen LogP contribution is 2.15. The molecular weight excluding hydrogens is 207 g/mol. The first kappa shape index (κ1) is 12.9. The Balaban J connectivity index is 2.51. The average Bonchev–Trinajstić information content (AvgIpc) is 2.18. The van der Waals surface area contributed by atoms with E-state index in [-0.39, 0.29) is 5.82 Å². The van der Waals surface area contributed by atoms with E-state index in [0.29, 0.717) is 18.8 Å². The van der Waals surface area contributed by atoms with Gasteiger partial charge in [0.05, 0.1) is 11.8 Å². The van der Waals surface area contributed by atoms with Crippen molar-refractivity contribution in [3.63, 3.8) is 0 Å². The summed E-state index contributed by atoms with van der Waals surface area (Å²) in [4.78, 5) is 1.89. The first-order valence-corrected chi connectivity index (χ1v) is 5.32. The third-order valence-corrected chi connectivity index (χ3v) is 2.23. The van der Waals surface area contributed by atoms with E-state index in [1.165, 1.54) is 6.07 Å². The molecule has 2 N–H and O–H groups in total. The van der Waals surface area contributed by atoms with Gasteiger partial charge in [-0.3, -0.25) is 0 Å². The first-order valence-electron chi connectivity index (χ1n) is 5.32. The number of nitrogens with one attached hydrogen (secondary N) is 1. The molecule has 0 saturated heterocycles.